The molecule has 10 nitrogen and oxygen atoms in total. The number of rotatable bonds is 4. The predicted molar refractivity (Wildman–Crippen MR) is 98.3 cm³/mol. The van der Waals surface area contributed by atoms with E-state index in [2.05, 4.69) is 9.97 Å². The Morgan fingerprint density at radius 2 is 1.97 bits per heavy atom. The summed E-state index contributed by atoms with van der Waals surface area (Å²) < 4.78 is 46.1. The van der Waals surface area contributed by atoms with Gasteiger partial charge in [-0.25, -0.2) is 0 Å². The molecule has 2 heterocycles. The van der Waals surface area contributed by atoms with Crippen molar-refractivity contribution in [1.82, 2.24) is 14.9 Å². The SMILES string of the molecule is CN(C(=N)N)C(=O)c1cc2c(C(F)(F)F)cc(Oc3cncc([N+](=O)[O-])c3)cc2[nH]1. The Labute approximate surface area is 165 Å². The van der Waals surface area contributed by atoms with Crippen molar-refractivity contribution in [2.75, 3.05) is 7.05 Å². The summed E-state index contributed by atoms with van der Waals surface area (Å²) in [7, 11) is 1.20. The number of nitrogens with two attached hydrogens (primary N) is 1. The summed E-state index contributed by atoms with van der Waals surface area (Å²) in [6, 6.07) is 3.92. The van der Waals surface area contributed by atoms with Crippen LogP contribution in [0.5, 0.6) is 11.5 Å². The van der Waals surface area contributed by atoms with Gasteiger partial charge in [-0.3, -0.25) is 30.2 Å². The van der Waals surface area contributed by atoms with Gasteiger partial charge in [-0.1, -0.05) is 0 Å². The molecule has 3 rings (SSSR count). The van der Waals surface area contributed by atoms with Crippen LogP contribution in [0.1, 0.15) is 16.1 Å². The van der Waals surface area contributed by atoms with Gasteiger partial charge < -0.3 is 15.5 Å². The molecule has 0 spiro atoms. The molecule has 156 valence electrons. The third-order valence-electron chi connectivity index (χ3n) is 4.06. The van der Waals surface area contributed by atoms with Crippen LogP contribution in [0.3, 0.4) is 0 Å². The first-order chi connectivity index (χ1) is 14.0. The minimum atomic E-state index is -4.78. The molecule has 1 aromatic carbocycles. The molecule has 0 aliphatic heterocycles. The van der Waals surface area contributed by atoms with Gasteiger partial charge in [0.25, 0.3) is 11.6 Å². The molecule has 1 amide bonds. The number of guanidine groups is 1. The van der Waals surface area contributed by atoms with Crippen molar-refractivity contribution in [2.45, 2.75) is 6.18 Å². The van der Waals surface area contributed by atoms with Crippen LogP contribution in [0.25, 0.3) is 10.9 Å². The number of nitrogens with one attached hydrogen (secondary N) is 2. The molecule has 0 saturated heterocycles. The van der Waals surface area contributed by atoms with E-state index in [0.717, 1.165) is 29.4 Å². The molecule has 0 bridgehead atoms. The molecule has 3 aromatic rings. The number of aromatic nitrogens is 2. The van der Waals surface area contributed by atoms with Crippen LogP contribution >= 0.6 is 0 Å². The van der Waals surface area contributed by atoms with E-state index in [0.29, 0.717) is 6.07 Å². The molecule has 0 radical (unpaired) electrons. The third-order valence-corrected chi connectivity index (χ3v) is 4.06. The van der Waals surface area contributed by atoms with Gasteiger partial charge in [-0.15, -0.1) is 0 Å². The Morgan fingerprint density at radius 1 is 1.27 bits per heavy atom. The van der Waals surface area contributed by atoms with E-state index in [9.17, 15) is 28.1 Å². The van der Waals surface area contributed by atoms with Crippen molar-refractivity contribution in [3.63, 3.8) is 0 Å². The minimum absolute atomic E-state index is 0.0708. The quantitative estimate of drug-likeness (QED) is 0.254. The lowest BCUT2D eigenvalue weighted by Crippen LogP contribution is -2.38. The monoisotopic (exact) mass is 422 g/mol. The van der Waals surface area contributed by atoms with Crippen LogP contribution in [0.15, 0.2) is 36.7 Å². The highest BCUT2D eigenvalue weighted by Gasteiger charge is 2.34. The van der Waals surface area contributed by atoms with E-state index < -0.39 is 34.2 Å². The molecule has 4 N–H and O–H groups in total. The molecule has 0 aliphatic rings. The van der Waals surface area contributed by atoms with Crippen molar-refractivity contribution in [1.29, 1.82) is 5.41 Å². The fourth-order valence-electron chi connectivity index (χ4n) is 2.61. The number of halogens is 3. The normalized spacial score (nSPS) is 11.3. The van der Waals surface area contributed by atoms with Gasteiger partial charge in [0.05, 0.1) is 28.3 Å². The second-order valence-corrected chi connectivity index (χ2v) is 6.10. The average molecular weight is 422 g/mol. The van der Waals surface area contributed by atoms with Crippen molar-refractivity contribution in [2.24, 2.45) is 5.73 Å². The Morgan fingerprint density at radius 3 is 2.57 bits per heavy atom. The number of amides is 1. The summed E-state index contributed by atoms with van der Waals surface area (Å²) >= 11 is 0. The Balaban J connectivity index is 2.09. The maximum absolute atomic E-state index is 13.6. The van der Waals surface area contributed by atoms with E-state index in [-0.39, 0.29) is 28.1 Å². The van der Waals surface area contributed by atoms with E-state index >= 15 is 0 Å². The minimum Gasteiger partial charge on any atom is -0.455 e. The summed E-state index contributed by atoms with van der Waals surface area (Å²) in [6.07, 6.45) is -2.71. The lowest BCUT2D eigenvalue weighted by molar-refractivity contribution is -0.385. The van der Waals surface area contributed by atoms with Gasteiger partial charge in [0.1, 0.15) is 17.6 Å². The highest BCUT2D eigenvalue weighted by atomic mass is 19.4. The van der Waals surface area contributed by atoms with E-state index in [4.69, 9.17) is 15.9 Å². The number of hydrogen-bond acceptors (Lipinski definition) is 6. The number of carbonyl (C=O) groups is 1. The molecule has 13 heteroatoms. The summed E-state index contributed by atoms with van der Waals surface area (Å²) in [5.41, 5.74) is 3.45. The predicted octanol–water partition coefficient (Wildman–Crippen LogP) is 3.25. The van der Waals surface area contributed by atoms with Crippen LogP contribution in [-0.2, 0) is 6.18 Å². The molecular weight excluding hydrogens is 409 g/mol. The fourth-order valence-corrected chi connectivity index (χ4v) is 2.61. The molecule has 2 aromatic heterocycles. The van der Waals surface area contributed by atoms with Crippen molar-refractivity contribution < 1.29 is 27.6 Å². The summed E-state index contributed by atoms with van der Waals surface area (Å²) in [5.74, 6) is -1.82. The van der Waals surface area contributed by atoms with E-state index in [1.54, 1.807) is 0 Å². The number of benzene rings is 1. The van der Waals surface area contributed by atoms with Crippen LogP contribution in [0, 0.1) is 15.5 Å². The third kappa shape index (κ3) is 3.99. The lowest BCUT2D eigenvalue weighted by atomic mass is 10.1. The number of nitrogens with zero attached hydrogens (tertiary/aromatic N) is 3. The average Bonchev–Trinajstić information content (AvgIpc) is 3.09. The van der Waals surface area contributed by atoms with E-state index in [1.165, 1.54) is 13.1 Å². The number of nitro groups is 1. The molecule has 0 aliphatic carbocycles. The van der Waals surface area contributed by atoms with Crippen LogP contribution in [0.4, 0.5) is 18.9 Å². The van der Waals surface area contributed by atoms with Crippen molar-refractivity contribution in [3.05, 3.63) is 58.0 Å². The topological polar surface area (TPSA) is 151 Å². The van der Waals surface area contributed by atoms with Gasteiger partial charge in [-0.05, 0) is 12.1 Å². The van der Waals surface area contributed by atoms with Gasteiger partial charge in [0.15, 0.2) is 11.7 Å². The molecule has 0 saturated carbocycles. The summed E-state index contributed by atoms with van der Waals surface area (Å²) in [6.45, 7) is 0. The highest BCUT2D eigenvalue weighted by molar-refractivity contribution is 6.06. The number of hydrogen-bond donors (Lipinski definition) is 3. The standard InChI is InChI=1S/C17H13F3N6O4/c1-25(16(21)22)15(27)14-5-11-12(17(18,19)20)3-9(4-13(11)24-14)30-10-2-8(26(28)29)6-23-7-10/h2-7,24H,1H3,(H3,21,22). The van der Waals surface area contributed by atoms with Crippen LogP contribution in [0.2, 0.25) is 0 Å². The number of carbonyl (C=O) groups excluding carboxylic acids is 1. The molecule has 0 unspecified atom stereocenters. The number of ether oxygens (including phenoxy) is 1. The van der Waals surface area contributed by atoms with Gasteiger partial charge >= 0.3 is 6.18 Å². The van der Waals surface area contributed by atoms with Crippen LogP contribution < -0.4 is 10.5 Å². The second kappa shape index (κ2) is 7.35. The van der Waals surface area contributed by atoms with E-state index in [1.807, 2.05) is 0 Å². The molecule has 0 fully saturated rings. The van der Waals surface area contributed by atoms with Crippen molar-refractivity contribution >= 4 is 28.5 Å². The van der Waals surface area contributed by atoms with Gasteiger partial charge in [-0.2, -0.15) is 13.2 Å². The van der Waals surface area contributed by atoms with Crippen LogP contribution in [-0.4, -0.2) is 38.7 Å². The number of aromatic amines is 1. The Kier molecular flexibility index (Phi) is 5.04. The maximum Gasteiger partial charge on any atom is 0.417 e. The lowest BCUT2D eigenvalue weighted by Gasteiger charge is -2.12. The van der Waals surface area contributed by atoms with Gasteiger partial charge in [0, 0.05) is 18.5 Å². The molecule has 30 heavy (non-hydrogen) atoms. The Hall–Kier alpha value is -4.16. The van der Waals surface area contributed by atoms with Gasteiger partial charge in [0.2, 0.25) is 0 Å². The summed E-state index contributed by atoms with van der Waals surface area (Å²) in [4.78, 5) is 29.3. The molecular formula is C17H13F3N6O4. The summed E-state index contributed by atoms with van der Waals surface area (Å²) in [5, 5.41) is 17.8. The zero-order valence-corrected chi connectivity index (χ0v) is 15.1. The zero-order chi connectivity index (χ0) is 22.2. The first-order valence-electron chi connectivity index (χ1n) is 8.10. The zero-order valence-electron chi connectivity index (χ0n) is 15.1. The number of fused-ring (bicyclic) bond motifs is 1. The largest absolute Gasteiger partial charge is 0.455 e. The second-order valence-electron chi connectivity index (χ2n) is 6.10. The fraction of sp³-hybridized carbons (Fsp3) is 0.118. The van der Waals surface area contributed by atoms with Crippen molar-refractivity contribution in [3.8, 4) is 11.5 Å². The smallest absolute Gasteiger partial charge is 0.417 e. The number of alkyl halides is 3. The first kappa shape index (κ1) is 20.6. The first-order valence-corrected chi connectivity index (χ1v) is 8.10. The maximum atomic E-state index is 13.6. The highest BCUT2D eigenvalue weighted by Crippen LogP contribution is 2.39. The number of H-pyrrole nitrogens is 1. The Bertz CT molecular complexity index is 1170. The molecule has 0 atom stereocenters. The number of pyridine rings is 1.